The highest BCUT2D eigenvalue weighted by Crippen LogP contribution is 2.41. The topological polar surface area (TPSA) is 92.5 Å². The number of fused-ring (bicyclic) bond motifs is 1. The number of alkyl halides is 4. The van der Waals surface area contributed by atoms with Crippen LogP contribution in [0.15, 0.2) is 42.7 Å². The van der Waals surface area contributed by atoms with Crippen LogP contribution < -0.4 is 10.2 Å². The summed E-state index contributed by atoms with van der Waals surface area (Å²) in [6, 6.07) is 9.68. The molecule has 3 aromatic rings. The van der Waals surface area contributed by atoms with Crippen molar-refractivity contribution in [2.75, 3.05) is 31.3 Å². The fourth-order valence-corrected chi connectivity index (χ4v) is 4.96. The van der Waals surface area contributed by atoms with E-state index in [0.29, 0.717) is 25.3 Å². The summed E-state index contributed by atoms with van der Waals surface area (Å²) in [5.41, 5.74) is 0.255. The molecule has 8 nitrogen and oxygen atoms in total. The molecule has 202 valence electrons. The van der Waals surface area contributed by atoms with Crippen LogP contribution in [-0.4, -0.2) is 58.3 Å². The van der Waals surface area contributed by atoms with Crippen molar-refractivity contribution in [1.82, 2.24) is 20.1 Å². The lowest BCUT2D eigenvalue weighted by Gasteiger charge is -2.42. The zero-order chi connectivity index (χ0) is 27.1. The first-order valence-electron chi connectivity index (χ1n) is 12.1. The van der Waals surface area contributed by atoms with Crippen LogP contribution >= 0.6 is 0 Å². The predicted molar refractivity (Wildman–Crippen MR) is 129 cm³/mol. The van der Waals surface area contributed by atoms with Gasteiger partial charge < -0.3 is 24.6 Å². The number of nitrogens with zero attached hydrogens (tertiary/aromatic N) is 4. The average Bonchev–Trinajstić information content (AvgIpc) is 3.42. The fraction of sp³-hybridized carbons (Fsp3) is 0.423. The number of amides is 1. The van der Waals surface area contributed by atoms with E-state index in [1.54, 1.807) is 18.5 Å². The van der Waals surface area contributed by atoms with Gasteiger partial charge in [-0.05, 0) is 41.0 Å². The van der Waals surface area contributed by atoms with Crippen molar-refractivity contribution in [1.29, 1.82) is 0 Å². The number of ether oxygens (including phenoxy) is 1. The van der Waals surface area contributed by atoms with E-state index in [9.17, 15) is 27.5 Å². The van der Waals surface area contributed by atoms with Gasteiger partial charge in [-0.15, -0.1) is 10.2 Å². The van der Waals surface area contributed by atoms with Gasteiger partial charge in [0.2, 0.25) is 0 Å². The first kappa shape index (κ1) is 26.3. The van der Waals surface area contributed by atoms with Gasteiger partial charge in [-0.2, -0.15) is 13.2 Å². The Bertz CT molecular complexity index is 1340. The minimum absolute atomic E-state index is 0.0196. The van der Waals surface area contributed by atoms with Crippen molar-refractivity contribution >= 4 is 11.6 Å². The summed E-state index contributed by atoms with van der Waals surface area (Å²) in [7, 11) is 1.85. The van der Waals surface area contributed by atoms with Crippen molar-refractivity contribution in [2.45, 2.75) is 37.2 Å². The Morgan fingerprint density at radius 3 is 2.66 bits per heavy atom. The van der Waals surface area contributed by atoms with Crippen LogP contribution in [0.4, 0.5) is 23.2 Å². The van der Waals surface area contributed by atoms with Crippen molar-refractivity contribution in [2.24, 2.45) is 7.05 Å². The third kappa shape index (κ3) is 4.91. The van der Waals surface area contributed by atoms with Crippen LogP contribution in [0, 0.1) is 0 Å². The zero-order valence-electron chi connectivity index (χ0n) is 20.6. The van der Waals surface area contributed by atoms with Gasteiger partial charge in [-0.3, -0.25) is 4.79 Å². The van der Waals surface area contributed by atoms with E-state index in [-0.39, 0.29) is 41.7 Å². The number of aryl methyl sites for hydroxylation is 1. The number of carbonyl (C=O) groups excluding carboxylic acids is 1. The molecule has 5 rings (SSSR count). The van der Waals surface area contributed by atoms with Crippen molar-refractivity contribution in [3.05, 3.63) is 76.4 Å². The number of rotatable bonds is 9. The maximum atomic E-state index is 14.0. The number of aliphatic hydroxyl groups is 1. The lowest BCUT2D eigenvalue weighted by molar-refractivity contribution is -0.138. The molecule has 0 spiro atoms. The number of benzene rings is 2. The van der Waals surface area contributed by atoms with E-state index < -0.39 is 30.4 Å². The van der Waals surface area contributed by atoms with Crippen LogP contribution in [0.2, 0.25) is 0 Å². The van der Waals surface area contributed by atoms with Crippen molar-refractivity contribution in [3.63, 3.8) is 0 Å². The highest BCUT2D eigenvalue weighted by atomic mass is 19.4. The molecule has 1 amide bonds. The second kappa shape index (κ2) is 10.1. The maximum absolute atomic E-state index is 14.0. The Labute approximate surface area is 216 Å². The van der Waals surface area contributed by atoms with Crippen LogP contribution in [0.5, 0.6) is 0 Å². The number of hydrogen-bond acceptors (Lipinski definition) is 6. The molecule has 1 aromatic heterocycles. The average molecular weight is 534 g/mol. The molecular weight excluding hydrogens is 506 g/mol. The minimum Gasteiger partial charge on any atom is -0.389 e. The molecule has 1 fully saturated rings. The predicted octanol–water partition coefficient (Wildman–Crippen LogP) is 2.93. The van der Waals surface area contributed by atoms with Gasteiger partial charge in [0.15, 0.2) is 0 Å². The molecular formula is C26H27F4N5O3. The summed E-state index contributed by atoms with van der Waals surface area (Å²) in [5.74, 6) is 0.249. The number of nitrogens with one attached hydrogen (secondary N) is 1. The first-order valence-corrected chi connectivity index (χ1v) is 12.1. The van der Waals surface area contributed by atoms with Gasteiger partial charge >= 0.3 is 6.18 Å². The molecule has 0 aliphatic carbocycles. The van der Waals surface area contributed by atoms with Gasteiger partial charge in [0.1, 0.15) is 18.8 Å². The Hall–Kier alpha value is -3.35. The summed E-state index contributed by atoms with van der Waals surface area (Å²) < 4.78 is 61.9. The maximum Gasteiger partial charge on any atom is 0.416 e. The van der Waals surface area contributed by atoms with Gasteiger partial charge in [0.05, 0.1) is 31.4 Å². The number of aliphatic hydroxyl groups excluding tert-OH is 1. The smallest absolute Gasteiger partial charge is 0.389 e. The molecule has 1 atom stereocenters. The minimum atomic E-state index is -4.67. The molecule has 2 aliphatic heterocycles. The van der Waals surface area contributed by atoms with Gasteiger partial charge in [-0.25, -0.2) is 4.39 Å². The molecule has 1 saturated heterocycles. The number of hydrogen-bond donors (Lipinski definition) is 2. The monoisotopic (exact) mass is 533 g/mol. The van der Waals surface area contributed by atoms with E-state index >= 15 is 0 Å². The molecule has 12 heteroatoms. The lowest BCUT2D eigenvalue weighted by atomic mass is 9.75. The third-order valence-corrected chi connectivity index (χ3v) is 7.12. The van der Waals surface area contributed by atoms with Crippen LogP contribution in [0.3, 0.4) is 0 Å². The van der Waals surface area contributed by atoms with Crippen LogP contribution in [-0.2, 0) is 42.9 Å². The molecule has 0 bridgehead atoms. The van der Waals surface area contributed by atoms with Crippen molar-refractivity contribution in [3.8, 4) is 0 Å². The Morgan fingerprint density at radius 2 is 2.03 bits per heavy atom. The highest BCUT2D eigenvalue weighted by Gasteiger charge is 2.43. The molecule has 2 aromatic carbocycles. The molecule has 2 N–H and O–H groups in total. The summed E-state index contributed by atoms with van der Waals surface area (Å²) in [4.78, 5) is 14.8. The number of halogens is 4. The van der Waals surface area contributed by atoms with Crippen molar-refractivity contribution < 1.29 is 32.2 Å². The number of anilines is 1. The molecule has 1 unspecified atom stereocenters. The molecule has 0 saturated carbocycles. The normalized spacial score (nSPS) is 17.4. The lowest BCUT2D eigenvalue weighted by Crippen LogP contribution is -2.49. The van der Waals surface area contributed by atoms with Gasteiger partial charge in [-0.1, -0.05) is 12.1 Å². The highest BCUT2D eigenvalue weighted by molar-refractivity contribution is 6.10. The van der Waals surface area contributed by atoms with E-state index in [4.69, 9.17) is 4.74 Å². The third-order valence-electron chi connectivity index (χ3n) is 7.12. The Morgan fingerprint density at radius 1 is 1.24 bits per heavy atom. The molecule has 0 radical (unpaired) electrons. The Kier molecular flexibility index (Phi) is 6.97. The number of aromatic nitrogens is 3. The summed E-state index contributed by atoms with van der Waals surface area (Å²) in [5, 5.41) is 20.2. The largest absolute Gasteiger partial charge is 0.416 e. The SMILES string of the molecule is Cn1cnnc1CC1(c2cccc(N3Cc4c(cc(CNCC(O)CF)cc4C(F)(F)F)C3=O)c2)COC1. The first-order chi connectivity index (χ1) is 18.1. The standard InChI is InChI=1S/C26H27F4N5O3/c1-34-15-32-33-23(34)8-25(13-38-14-25)17-3-2-4-18(7-17)35-12-21-20(24(35)37)5-16(6-22(21)26(28,29)30)10-31-11-19(36)9-27/h2-7,15,19,31,36H,8-14H2,1H3. The fourth-order valence-electron chi connectivity index (χ4n) is 4.96. The summed E-state index contributed by atoms with van der Waals surface area (Å²) in [6.45, 7) is -0.467. The zero-order valence-corrected chi connectivity index (χ0v) is 20.6. The van der Waals surface area contributed by atoms with Crippen LogP contribution in [0.25, 0.3) is 0 Å². The molecule has 2 aliphatic rings. The van der Waals surface area contributed by atoms with Gasteiger partial charge in [0.25, 0.3) is 5.91 Å². The Balaban J connectivity index is 1.43. The van der Waals surface area contributed by atoms with E-state index in [1.165, 1.54) is 11.0 Å². The second-order valence-electron chi connectivity index (χ2n) is 9.86. The summed E-state index contributed by atoms with van der Waals surface area (Å²) in [6.07, 6.45) is -3.74. The molecule has 38 heavy (non-hydrogen) atoms. The van der Waals surface area contributed by atoms with E-state index in [0.717, 1.165) is 17.5 Å². The number of carbonyl (C=O) groups is 1. The van der Waals surface area contributed by atoms with E-state index in [2.05, 4.69) is 15.5 Å². The molecule has 3 heterocycles. The van der Waals surface area contributed by atoms with E-state index in [1.807, 2.05) is 23.7 Å². The second-order valence-corrected chi connectivity index (χ2v) is 9.86. The quantitative estimate of drug-likeness (QED) is 0.411. The summed E-state index contributed by atoms with van der Waals surface area (Å²) >= 11 is 0. The van der Waals surface area contributed by atoms with Crippen LogP contribution in [0.1, 0.15) is 38.4 Å². The van der Waals surface area contributed by atoms with Gasteiger partial charge in [0, 0.05) is 43.2 Å².